The third-order valence-corrected chi connectivity index (χ3v) is 3.49. The molecule has 1 atom stereocenters. The van der Waals surface area contributed by atoms with E-state index < -0.39 is 0 Å². The minimum Gasteiger partial charge on any atom is -0.486 e. The molecule has 1 heterocycles. The molecule has 0 unspecified atom stereocenters. The lowest BCUT2D eigenvalue weighted by atomic mass is 10.2. The van der Waals surface area contributed by atoms with E-state index >= 15 is 0 Å². The van der Waals surface area contributed by atoms with Crippen LogP contribution in [0.15, 0.2) is 48.5 Å². The molecule has 0 aromatic heterocycles. The average Bonchev–Trinajstić information content (AvgIpc) is 2.59. The molecule has 23 heavy (non-hydrogen) atoms. The lowest BCUT2D eigenvalue weighted by Crippen LogP contribution is -2.42. The van der Waals surface area contributed by atoms with Crippen LogP contribution >= 0.6 is 0 Å². The molecule has 0 aliphatic carbocycles. The summed E-state index contributed by atoms with van der Waals surface area (Å²) < 4.78 is 16.8. The maximum absolute atomic E-state index is 11.8. The Morgan fingerprint density at radius 2 is 1.91 bits per heavy atom. The van der Waals surface area contributed by atoms with Crippen LogP contribution in [0.4, 0.5) is 0 Å². The Kier molecular flexibility index (Phi) is 4.66. The van der Waals surface area contributed by atoms with Gasteiger partial charge in [-0.15, -0.1) is 0 Å². The monoisotopic (exact) mass is 313 g/mol. The van der Waals surface area contributed by atoms with Crippen molar-refractivity contribution in [3.8, 4) is 17.2 Å². The van der Waals surface area contributed by atoms with Crippen molar-refractivity contribution in [3.05, 3.63) is 54.1 Å². The van der Waals surface area contributed by atoms with Crippen LogP contribution < -0.4 is 19.5 Å². The molecular formula is C18H19NO4. The summed E-state index contributed by atoms with van der Waals surface area (Å²) in [5.74, 6) is 1.93. The first kappa shape index (κ1) is 15.2. The van der Waals surface area contributed by atoms with Crippen molar-refractivity contribution in [2.24, 2.45) is 0 Å². The number of hydrogen-bond donors (Lipinski definition) is 1. The van der Waals surface area contributed by atoms with E-state index in [1.165, 1.54) is 0 Å². The van der Waals surface area contributed by atoms with Gasteiger partial charge in [0, 0.05) is 0 Å². The van der Waals surface area contributed by atoms with Gasteiger partial charge in [0.2, 0.25) is 0 Å². The van der Waals surface area contributed by atoms with Crippen molar-refractivity contribution in [1.82, 2.24) is 5.32 Å². The number of ether oxygens (including phenoxy) is 3. The summed E-state index contributed by atoms with van der Waals surface area (Å²) in [5, 5.41) is 2.80. The van der Waals surface area contributed by atoms with Gasteiger partial charge in [0.05, 0.1) is 6.54 Å². The molecule has 1 aliphatic heterocycles. The van der Waals surface area contributed by atoms with Crippen molar-refractivity contribution in [2.45, 2.75) is 13.0 Å². The average molecular weight is 313 g/mol. The number of benzene rings is 2. The van der Waals surface area contributed by atoms with Crippen molar-refractivity contribution in [1.29, 1.82) is 0 Å². The first-order chi connectivity index (χ1) is 11.2. The van der Waals surface area contributed by atoms with Crippen molar-refractivity contribution >= 4 is 5.91 Å². The molecule has 0 spiro atoms. The number of para-hydroxylation sites is 2. The summed E-state index contributed by atoms with van der Waals surface area (Å²) in [6.45, 7) is 2.77. The van der Waals surface area contributed by atoms with Gasteiger partial charge in [-0.05, 0) is 31.2 Å². The number of rotatable bonds is 5. The van der Waals surface area contributed by atoms with Crippen LogP contribution in [0.2, 0.25) is 0 Å². The highest BCUT2D eigenvalue weighted by molar-refractivity contribution is 5.77. The zero-order chi connectivity index (χ0) is 16.1. The molecular weight excluding hydrogens is 294 g/mol. The van der Waals surface area contributed by atoms with Gasteiger partial charge in [-0.2, -0.15) is 0 Å². The maximum atomic E-state index is 11.8. The van der Waals surface area contributed by atoms with E-state index in [1.807, 2.05) is 55.5 Å². The number of carbonyl (C=O) groups excluding carboxylic acids is 1. The SMILES string of the molecule is Cc1ccc(OCC(=O)NC[C@H]2COc3ccccc3O2)cc1. The molecule has 3 rings (SSSR count). The van der Waals surface area contributed by atoms with Crippen LogP contribution in [-0.2, 0) is 4.79 Å². The topological polar surface area (TPSA) is 56.8 Å². The van der Waals surface area contributed by atoms with Crippen LogP contribution in [0.1, 0.15) is 5.56 Å². The molecule has 2 aromatic carbocycles. The number of carbonyl (C=O) groups is 1. The van der Waals surface area contributed by atoms with Crippen LogP contribution in [0.25, 0.3) is 0 Å². The largest absolute Gasteiger partial charge is 0.486 e. The minimum atomic E-state index is -0.201. The fourth-order valence-corrected chi connectivity index (χ4v) is 2.23. The third kappa shape index (κ3) is 4.16. The lowest BCUT2D eigenvalue weighted by molar-refractivity contribution is -0.123. The Labute approximate surface area is 135 Å². The number of fused-ring (bicyclic) bond motifs is 1. The molecule has 0 saturated carbocycles. The van der Waals surface area contributed by atoms with Gasteiger partial charge in [-0.1, -0.05) is 29.8 Å². The predicted octanol–water partition coefficient (Wildman–Crippen LogP) is 2.33. The van der Waals surface area contributed by atoms with Gasteiger partial charge in [0.1, 0.15) is 18.5 Å². The summed E-state index contributed by atoms with van der Waals surface area (Å²) in [7, 11) is 0. The summed E-state index contributed by atoms with van der Waals surface area (Å²) >= 11 is 0. The first-order valence-corrected chi connectivity index (χ1v) is 7.55. The molecule has 0 fully saturated rings. The predicted molar refractivity (Wildman–Crippen MR) is 86.0 cm³/mol. The molecule has 5 nitrogen and oxygen atoms in total. The van der Waals surface area contributed by atoms with Gasteiger partial charge in [0.25, 0.3) is 5.91 Å². The van der Waals surface area contributed by atoms with Crippen LogP contribution in [0, 0.1) is 6.92 Å². The zero-order valence-corrected chi connectivity index (χ0v) is 13.0. The summed E-state index contributed by atoms with van der Waals surface area (Å²) in [4.78, 5) is 11.8. The Morgan fingerprint density at radius 1 is 1.17 bits per heavy atom. The quantitative estimate of drug-likeness (QED) is 0.920. The van der Waals surface area contributed by atoms with Gasteiger partial charge in [-0.3, -0.25) is 4.79 Å². The summed E-state index contributed by atoms with van der Waals surface area (Å²) in [6, 6.07) is 15.1. The molecule has 0 bridgehead atoms. The number of nitrogens with one attached hydrogen (secondary N) is 1. The lowest BCUT2D eigenvalue weighted by Gasteiger charge is -2.26. The van der Waals surface area contributed by atoms with Gasteiger partial charge < -0.3 is 19.5 Å². The second kappa shape index (κ2) is 7.05. The molecule has 120 valence electrons. The van der Waals surface area contributed by atoms with Crippen LogP contribution in [-0.4, -0.2) is 31.8 Å². The molecule has 1 N–H and O–H groups in total. The van der Waals surface area contributed by atoms with Gasteiger partial charge in [-0.25, -0.2) is 0 Å². The van der Waals surface area contributed by atoms with Gasteiger partial charge in [0.15, 0.2) is 18.1 Å². The fraction of sp³-hybridized carbons (Fsp3) is 0.278. The van der Waals surface area contributed by atoms with Crippen molar-refractivity contribution < 1.29 is 19.0 Å². The zero-order valence-electron chi connectivity index (χ0n) is 13.0. The van der Waals surface area contributed by atoms with E-state index in [0.717, 1.165) is 11.3 Å². The highest BCUT2D eigenvalue weighted by Crippen LogP contribution is 2.30. The fourth-order valence-electron chi connectivity index (χ4n) is 2.23. The van der Waals surface area contributed by atoms with E-state index in [0.29, 0.717) is 24.7 Å². The molecule has 0 saturated heterocycles. The Hall–Kier alpha value is -2.69. The number of aryl methyl sites for hydroxylation is 1. The molecule has 0 radical (unpaired) electrons. The summed E-state index contributed by atoms with van der Waals surface area (Å²) in [5.41, 5.74) is 1.15. The van der Waals surface area contributed by atoms with Crippen molar-refractivity contribution in [3.63, 3.8) is 0 Å². The third-order valence-electron chi connectivity index (χ3n) is 3.49. The van der Waals surface area contributed by atoms with E-state index in [4.69, 9.17) is 14.2 Å². The van der Waals surface area contributed by atoms with E-state index in [1.54, 1.807) is 0 Å². The standard InChI is InChI=1S/C18H19NO4/c1-13-6-8-14(9-7-13)21-12-18(20)19-10-15-11-22-16-4-2-3-5-17(16)23-15/h2-9,15H,10-12H2,1H3,(H,19,20)/t15-/m0/s1. The smallest absolute Gasteiger partial charge is 0.258 e. The first-order valence-electron chi connectivity index (χ1n) is 7.55. The highest BCUT2D eigenvalue weighted by Gasteiger charge is 2.20. The van der Waals surface area contributed by atoms with Crippen molar-refractivity contribution in [2.75, 3.05) is 19.8 Å². The Balaban J connectivity index is 1.42. The molecule has 2 aromatic rings. The Bertz CT molecular complexity index is 669. The van der Waals surface area contributed by atoms with E-state index in [9.17, 15) is 4.79 Å². The maximum Gasteiger partial charge on any atom is 0.258 e. The van der Waals surface area contributed by atoms with Crippen LogP contribution in [0.5, 0.6) is 17.2 Å². The van der Waals surface area contributed by atoms with E-state index in [-0.39, 0.29) is 18.6 Å². The highest BCUT2D eigenvalue weighted by atomic mass is 16.6. The minimum absolute atomic E-state index is 0.0206. The molecule has 5 heteroatoms. The number of amides is 1. The van der Waals surface area contributed by atoms with Gasteiger partial charge >= 0.3 is 0 Å². The van der Waals surface area contributed by atoms with Crippen LogP contribution in [0.3, 0.4) is 0 Å². The second-order valence-electron chi connectivity index (χ2n) is 5.40. The molecule has 1 amide bonds. The Morgan fingerprint density at radius 3 is 2.70 bits per heavy atom. The summed E-state index contributed by atoms with van der Waals surface area (Å²) in [6.07, 6.45) is -0.201. The normalized spacial score (nSPS) is 15.8. The number of hydrogen-bond acceptors (Lipinski definition) is 4. The van der Waals surface area contributed by atoms with E-state index in [2.05, 4.69) is 5.32 Å². The molecule has 1 aliphatic rings. The second-order valence-corrected chi connectivity index (χ2v) is 5.40.